The van der Waals surface area contributed by atoms with Gasteiger partial charge in [0.05, 0.1) is 21.7 Å². The summed E-state index contributed by atoms with van der Waals surface area (Å²) < 4.78 is 25.8. The highest BCUT2D eigenvalue weighted by Crippen LogP contribution is 2.33. The normalized spacial score (nSPS) is 17.4. The van der Waals surface area contributed by atoms with E-state index in [1.807, 2.05) is 19.1 Å². The minimum absolute atomic E-state index is 0.115. The van der Waals surface area contributed by atoms with Gasteiger partial charge in [-0.05, 0) is 105 Å². The summed E-state index contributed by atoms with van der Waals surface area (Å²) in [5.41, 5.74) is 4.14. The lowest BCUT2D eigenvalue weighted by Gasteiger charge is -2.33. The van der Waals surface area contributed by atoms with Crippen molar-refractivity contribution < 1.29 is 13.2 Å². The Balaban J connectivity index is 1.18. The van der Waals surface area contributed by atoms with Crippen LogP contribution in [0.25, 0.3) is 0 Å². The molecule has 1 saturated heterocycles. The number of aromatic nitrogens is 1. The highest BCUT2D eigenvalue weighted by atomic mass is 35.5. The van der Waals surface area contributed by atoms with Crippen LogP contribution in [0.5, 0.6) is 0 Å². The monoisotopic (exact) mass is 537 g/mol. The van der Waals surface area contributed by atoms with Crippen LogP contribution in [0.1, 0.15) is 54.8 Å². The number of halogens is 1. The predicted octanol–water partition coefficient (Wildman–Crippen LogP) is 5.99. The molecular formula is C29H32ClN3O3S. The van der Waals surface area contributed by atoms with Gasteiger partial charge in [-0.2, -0.15) is 0 Å². The van der Waals surface area contributed by atoms with Gasteiger partial charge in [0.1, 0.15) is 0 Å². The first-order chi connectivity index (χ1) is 17.8. The number of piperidine rings is 1. The number of likely N-dealkylation sites (tertiary alicyclic amines) is 1. The average molecular weight is 538 g/mol. The second-order valence-electron chi connectivity index (χ2n) is 10.2. The lowest BCUT2D eigenvalue weighted by atomic mass is 9.84. The van der Waals surface area contributed by atoms with E-state index in [1.165, 1.54) is 17.7 Å². The molecule has 194 valence electrons. The van der Waals surface area contributed by atoms with Crippen LogP contribution in [0.15, 0.2) is 70.6 Å². The summed E-state index contributed by atoms with van der Waals surface area (Å²) in [6.07, 6.45) is 6.91. The number of anilines is 1. The molecule has 1 aromatic heterocycles. The van der Waals surface area contributed by atoms with E-state index in [0.29, 0.717) is 10.9 Å². The van der Waals surface area contributed by atoms with Crippen LogP contribution in [0.2, 0.25) is 5.02 Å². The minimum atomic E-state index is -3.57. The van der Waals surface area contributed by atoms with Gasteiger partial charge in [0.2, 0.25) is 15.7 Å². The molecule has 2 aliphatic rings. The lowest BCUT2D eigenvalue weighted by molar-refractivity contribution is -0.122. The molecule has 1 amide bonds. The topological polar surface area (TPSA) is 79.4 Å². The quantitative estimate of drug-likeness (QED) is 0.400. The van der Waals surface area contributed by atoms with E-state index in [-0.39, 0.29) is 21.6 Å². The molecule has 0 radical (unpaired) electrons. The summed E-state index contributed by atoms with van der Waals surface area (Å²) in [5, 5.41) is 3.57. The fourth-order valence-electron chi connectivity index (χ4n) is 5.13. The molecule has 37 heavy (non-hydrogen) atoms. The van der Waals surface area contributed by atoms with Gasteiger partial charge >= 0.3 is 0 Å². The highest BCUT2D eigenvalue weighted by Gasteiger charge is 2.26. The van der Waals surface area contributed by atoms with E-state index in [0.717, 1.165) is 68.7 Å². The van der Waals surface area contributed by atoms with E-state index >= 15 is 0 Å². The Morgan fingerprint density at radius 3 is 2.22 bits per heavy atom. The minimum Gasteiger partial charge on any atom is -0.324 e. The number of benzene rings is 2. The van der Waals surface area contributed by atoms with Gasteiger partial charge in [0.25, 0.3) is 0 Å². The van der Waals surface area contributed by atoms with Gasteiger partial charge in [0, 0.05) is 23.2 Å². The Hall–Kier alpha value is -2.74. The largest absolute Gasteiger partial charge is 0.324 e. The third kappa shape index (κ3) is 5.89. The number of rotatable bonds is 7. The fraction of sp³-hybridized carbons (Fsp3) is 0.379. The van der Waals surface area contributed by atoms with E-state index in [2.05, 4.69) is 21.3 Å². The third-order valence-corrected chi connectivity index (χ3v) is 9.70. The van der Waals surface area contributed by atoms with Gasteiger partial charge < -0.3 is 5.32 Å². The van der Waals surface area contributed by atoms with Gasteiger partial charge in [0.15, 0.2) is 0 Å². The smallest absolute Gasteiger partial charge is 0.227 e. The van der Waals surface area contributed by atoms with E-state index < -0.39 is 9.84 Å². The van der Waals surface area contributed by atoms with Crippen LogP contribution in [0.3, 0.4) is 0 Å². The Kier molecular flexibility index (Phi) is 7.65. The second-order valence-corrected chi connectivity index (χ2v) is 12.6. The molecular weight excluding hydrogens is 506 g/mol. The molecule has 3 aromatic rings. The highest BCUT2D eigenvalue weighted by molar-refractivity contribution is 7.91. The van der Waals surface area contributed by atoms with Crippen LogP contribution < -0.4 is 5.32 Å². The number of nitrogens with zero attached hydrogens (tertiary/aromatic N) is 2. The maximum Gasteiger partial charge on any atom is 0.227 e. The summed E-state index contributed by atoms with van der Waals surface area (Å²) in [6, 6.07) is 15.5. The SMILES string of the molecule is Cc1ncc(NC(=O)C2CCC2)cc1C1CCN(Cc2ccc(S(=O)(=O)c3ccc(Cl)cc3)cc2)CC1. The summed E-state index contributed by atoms with van der Waals surface area (Å²) in [4.78, 5) is 19.9. The summed E-state index contributed by atoms with van der Waals surface area (Å²) in [6.45, 7) is 4.72. The molecule has 0 unspecified atom stereocenters. The number of amides is 1. The van der Waals surface area contributed by atoms with Crippen LogP contribution in [0, 0.1) is 12.8 Å². The molecule has 0 atom stereocenters. The first-order valence-corrected chi connectivity index (χ1v) is 14.7. The number of hydrogen-bond acceptors (Lipinski definition) is 5. The second kappa shape index (κ2) is 10.9. The first-order valence-electron chi connectivity index (χ1n) is 12.9. The van der Waals surface area contributed by atoms with Crippen molar-refractivity contribution in [1.29, 1.82) is 0 Å². The van der Waals surface area contributed by atoms with Crippen LogP contribution in [0.4, 0.5) is 5.69 Å². The maximum absolute atomic E-state index is 12.9. The molecule has 2 heterocycles. The average Bonchev–Trinajstić information content (AvgIpc) is 2.85. The zero-order valence-electron chi connectivity index (χ0n) is 21.0. The molecule has 6 nitrogen and oxygen atoms in total. The van der Waals surface area contributed by atoms with Crippen LogP contribution in [-0.4, -0.2) is 37.3 Å². The van der Waals surface area contributed by atoms with Crippen LogP contribution >= 0.6 is 11.6 Å². The van der Waals surface area contributed by atoms with Crippen molar-refractivity contribution in [2.24, 2.45) is 5.92 Å². The van der Waals surface area contributed by atoms with E-state index in [4.69, 9.17) is 11.6 Å². The van der Waals surface area contributed by atoms with E-state index in [1.54, 1.807) is 30.5 Å². The van der Waals surface area contributed by atoms with Crippen molar-refractivity contribution in [3.8, 4) is 0 Å². The molecule has 5 rings (SSSR count). The summed E-state index contributed by atoms with van der Waals surface area (Å²) in [7, 11) is -3.57. The lowest BCUT2D eigenvalue weighted by Crippen LogP contribution is -2.32. The summed E-state index contributed by atoms with van der Waals surface area (Å²) in [5.74, 6) is 0.681. The van der Waals surface area contributed by atoms with Crippen LogP contribution in [-0.2, 0) is 21.2 Å². The van der Waals surface area contributed by atoms with Gasteiger partial charge in [-0.3, -0.25) is 14.7 Å². The summed E-state index contributed by atoms with van der Waals surface area (Å²) >= 11 is 5.90. The number of hydrogen-bond donors (Lipinski definition) is 1. The molecule has 2 aromatic carbocycles. The maximum atomic E-state index is 12.9. The first kappa shape index (κ1) is 25.9. The Bertz CT molecular complexity index is 1360. The molecule has 1 saturated carbocycles. The van der Waals surface area contributed by atoms with Crippen molar-refractivity contribution in [1.82, 2.24) is 9.88 Å². The van der Waals surface area contributed by atoms with Crippen molar-refractivity contribution >= 4 is 33.0 Å². The number of aryl methyl sites for hydroxylation is 1. The standard InChI is InChI=1S/C29H32ClN3O3S/c1-20-28(17-25(18-31-20)32-29(34)23-3-2-4-23)22-13-15-33(16-14-22)19-21-5-9-26(10-6-21)37(35,36)27-11-7-24(30)8-12-27/h5-12,17-18,22-23H,2-4,13-16,19H2,1H3,(H,32,34). The van der Waals surface area contributed by atoms with Crippen molar-refractivity contribution in [3.05, 3.63) is 82.6 Å². The van der Waals surface area contributed by atoms with Crippen molar-refractivity contribution in [2.75, 3.05) is 18.4 Å². The number of pyridine rings is 1. The molecule has 0 spiro atoms. The Morgan fingerprint density at radius 1 is 1.00 bits per heavy atom. The molecule has 1 aliphatic carbocycles. The Labute approximate surface area is 224 Å². The predicted molar refractivity (Wildman–Crippen MR) is 146 cm³/mol. The van der Waals surface area contributed by atoms with Gasteiger partial charge in [-0.25, -0.2) is 8.42 Å². The van der Waals surface area contributed by atoms with E-state index in [9.17, 15) is 13.2 Å². The molecule has 8 heteroatoms. The number of carbonyl (C=O) groups is 1. The zero-order valence-corrected chi connectivity index (χ0v) is 22.6. The molecule has 2 fully saturated rings. The fourth-order valence-corrected chi connectivity index (χ4v) is 6.52. The van der Waals surface area contributed by atoms with Gasteiger partial charge in [-0.15, -0.1) is 0 Å². The Morgan fingerprint density at radius 2 is 1.62 bits per heavy atom. The molecule has 0 bridgehead atoms. The molecule has 1 aliphatic heterocycles. The number of nitrogens with one attached hydrogen (secondary N) is 1. The zero-order chi connectivity index (χ0) is 26.0. The van der Waals surface area contributed by atoms with Gasteiger partial charge in [-0.1, -0.05) is 30.2 Å². The third-order valence-electron chi connectivity index (χ3n) is 7.66. The number of carbonyl (C=O) groups excluding carboxylic acids is 1. The van der Waals surface area contributed by atoms with Crippen molar-refractivity contribution in [2.45, 2.75) is 61.3 Å². The van der Waals surface area contributed by atoms with Crippen molar-refractivity contribution in [3.63, 3.8) is 0 Å². The number of sulfone groups is 1. The molecule has 1 N–H and O–H groups in total.